The van der Waals surface area contributed by atoms with E-state index in [0.717, 1.165) is 37.7 Å². The molecule has 2 aliphatic carbocycles. The number of phenols is 1. The highest BCUT2D eigenvalue weighted by molar-refractivity contribution is 6.14. The van der Waals surface area contributed by atoms with Gasteiger partial charge in [-0.2, -0.15) is 0 Å². The fourth-order valence-electron chi connectivity index (χ4n) is 8.63. The number of allylic oxidation sites excluding steroid dienone is 1. The highest BCUT2D eigenvalue weighted by Crippen LogP contribution is 2.74. The summed E-state index contributed by atoms with van der Waals surface area (Å²) in [6.07, 6.45) is 5.75. The van der Waals surface area contributed by atoms with Gasteiger partial charge in [0.15, 0.2) is 17.2 Å². The van der Waals surface area contributed by atoms with E-state index in [0.29, 0.717) is 41.7 Å². The fraction of sp³-hybridized carbons (Fsp3) is 0.633. The van der Waals surface area contributed by atoms with Gasteiger partial charge in [-0.15, -0.1) is 0 Å². The second-order valence-corrected chi connectivity index (χ2v) is 11.8. The molecule has 37 heavy (non-hydrogen) atoms. The lowest BCUT2D eigenvalue weighted by molar-refractivity contribution is -0.159. The second kappa shape index (κ2) is 8.16. The average Bonchev–Trinajstić information content (AvgIpc) is 3.43. The van der Waals surface area contributed by atoms with Crippen molar-refractivity contribution in [1.82, 2.24) is 5.32 Å². The molecule has 0 radical (unpaired) electrons. The summed E-state index contributed by atoms with van der Waals surface area (Å²) in [6.45, 7) is 6.10. The Morgan fingerprint density at radius 1 is 1.19 bits per heavy atom. The Hall–Kier alpha value is -2.67. The van der Waals surface area contributed by atoms with Gasteiger partial charge >= 0.3 is 0 Å². The molecule has 1 aromatic rings. The molecule has 2 spiro atoms. The maximum atomic E-state index is 14.7. The number of carbonyl (C=O) groups is 3. The molecule has 0 aromatic heterocycles. The number of hydrogen-bond acceptors (Lipinski definition) is 6. The molecule has 1 saturated carbocycles. The number of nitrogens with one attached hydrogen (secondary N) is 1. The highest BCUT2D eigenvalue weighted by atomic mass is 16.5. The normalized spacial score (nSPS) is 37.5. The van der Waals surface area contributed by atoms with E-state index in [9.17, 15) is 19.5 Å². The molecule has 3 bridgehead atoms. The molecule has 1 aromatic carbocycles. The summed E-state index contributed by atoms with van der Waals surface area (Å²) in [5, 5.41) is 14.3. The Kier molecular flexibility index (Phi) is 5.44. The van der Waals surface area contributed by atoms with Crippen LogP contribution in [-0.4, -0.2) is 41.3 Å². The van der Waals surface area contributed by atoms with Gasteiger partial charge in [-0.25, -0.2) is 0 Å². The van der Waals surface area contributed by atoms with Gasteiger partial charge < -0.3 is 19.9 Å². The van der Waals surface area contributed by atoms with Crippen LogP contribution in [0.1, 0.15) is 100 Å². The minimum absolute atomic E-state index is 0.0678. The quantitative estimate of drug-likeness (QED) is 0.537. The van der Waals surface area contributed by atoms with Crippen molar-refractivity contribution in [3.63, 3.8) is 0 Å². The van der Waals surface area contributed by atoms with Gasteiger partial charge in [-0.1, -0.05) is 33.1 Å². The molecule has 198 valence electrons. The molecular weight excluding hydrogens is 470 g/mol. The Morgan fingerprint density at radius 2 is 1.97 bits per heavy atom. The number of ether oxygens (including phenoxy) is 2. The standard InChI is InChI=1S/C30H37NO6/c1-5-7-8-11-18-24-28(3)26(34)20(36-4)12-9-10-16(6-2)23-21-19(32)14-13-17-22(21)30(28,37-23)15-29(24,25(17)33)31-27(18)35/h13-14,18,20,24,32H,5-12,15H2,1-4H3,(H,31,35)/t18-,20-,24+,28+,29-,30-/m0/s1. The molecule has 2 N–H and O–H groups in total. The van der Waals surface area contributed by atoms with Crippen LogP contribution in [0.15, 0.2) is 17.7 Å². The zero-order chi connectivity index (χ0) is 26.3. The van der Waals surface area contributed by atoms with Crippen molar-refractivity contribution >= 4 is 23.2 Å². The van der Waals surface area contributed by atoms with Gasteiger partial charge in [0.25, 0.3) is 0 Å². The van der Waals surface area contributed by atoms with E-state index < -0.39 is 34.5 Å². The van der Waals surface area contributed by atoms with Crippen LogP contribution in [0.5, 0.6) is 5.75 Å². The number of phenolic OH excluding ortho intramolecular Hbond substituents is 1. The number of carbonyl (C=O) groups excluding carboxylic acids is 3. The summed E-state index contributed by atoms with van der Waals surface area (Å²) in [5.41, 5.74) is -0.866. The van der Waals surface area contributed by atoms with Crippen LogP contribution in [0.3, 0.4) is 0 Å². The van der Waals surface area contributed by atoms with E-state index in [2.05, 4.69) is 19.2 Å². The molecule has 1 amide bonds. The second-order valence-electron chi connectivity index (χ2n) is 11.8. The van der Waals surface area contributed by atoms with Crippen LogP contribution >= 0.6 is 0 Å². The van der Waals surface area contributed by atoms with Gasteiger partial charge in [-0.3, -0.25) is 14.4 Å². The third-order valence-corrected chi connectivity index (χ3v) is 10.2. The predicted octanol–water partition coefficient (Wildman–Crippen LogP) is 4.79. The van der Waals surface area contributed by atoms with Crippen LogP contribution in [0, 0.1) is 17.3 Å². The number of ketones is 2. The summed E-state index contributed by atoms with van der Waals surface area (Å²) < 4.78 is 12.8. The first-order valence-electron chi connectivity index (χ1n) is 13.9. The average molecular weight is 508 g/mol. The molecule has 1 saturated heterocycles. The SMILES string of the molecule is CCCCC[C@@H]1C(=O)N[C@@]23C[C@@]45OC(=C(CC)CCC[C@H](OC)C(=O)[C@@]4(C)[C@@H]12)c1c(O)ccc(c15)C3=O. The molecule has 7 nitrogen and oxygen atoms in total. The maximum Gasteiger partial charge on any atom is 0.224 e. The molecule has 2 fully saturated rings. The van der Waals surface area contributed by atoms with Gasteiger partial charge in [0.1, 0.15) is 23.2 Å². The largest absolute Gasteiger partial charge is 0.507 e. The lowest BCUT2D eigenvalue weighted by Gasteiger charge is -2.45. The lowest BCUT2D eigenvalue weighted by atomic mass is 9.60. The molecule has 5 aliphatic rings. The molecule has 3 heterocycles. The summed E-state index contributed by atoms with van der Waals surface area (Å²) in [4.78, 5) is 42.6. The van der Waals surface area contributed by atoms with E-state index in [-0.39, 0.29) is 29.6 Å². The van der Waals surface area contributed by atoms with Crippen molar-refractivity contribution in [2.24, 2.45) is 17.3 Å². The number of methoxy groups -OCH3 is 1. The van der Waals surface area contributed by atoms with Gasteiger partial charge in [0, 0.05) is 36.5 Å². The van der Waals surface area contributed by atoms with Crippen molar-refractivity contribution in [3.8, 4) is 5.75 Å². The first kappa shape index (κ1) is 24.7. The summed E-state index contributed by atoms with van der Waals surface area (Å²) in [6, 6.07) is 3.21. The van der Waals surface area contributed by atoms with Crippen molar-refractivity contribution in [2.45, 2.75) is 95.8 Å². The van der Waals surface area contributed by atoms with E-state index in [1.165, 1.54) is 0 Å². The Labute approximate surface area is 218 Å². The maximum absolute atomic E-state index is 14.7. The number of Topliss-reactive ketones (excluding diaryl/α,β-unsaturated/α-hetero) is 2. The smallest absolute Gasteiger partial charge is 0.224 e. The topological polar surface area (TPSA) is 102 Å². The molecule has 7 heteroatoms. The highest BCUT2D eigenvalue weighted by Gasteiger charge is 2.83. The molecule has 0 unspecified atom stereocenters. The first-order valence-corrected chi connectivity index (χ1v) is 13.9. The lowest BCUT2D eigenvalue weighted by Crippen LogP contribution is -2.54. The van der Waals surface area contributed by atoms with Gasteiger partial charge in [0.2, 0.25) is 5.91 Å². The van der Waals surface area contributed by atoms with Crippen molar-refractivity contribution in [3.05, 3.63) is 34.4 Å². The molecular formula is C30H37NO6. The number of benzene rings is 1. The van der Waals surface area contributed by atoms with Crippen LogP contribution in [-0.2, 0) is 24.7 Å². The molecule has 6 atom stereocenters. The minimum Gasteiger partial charge on any atom is -0.507 e. The number of fused-ring (bicyclic) bond motifs is 3. The minimum atomic E-state index is -1.21. The molecule has 6 rings (SSSR count). The zero-order valence-corrected chi connectivity index (χ0v) is 22.2. The summed E-state index contributed by atoms with van der Waals surface area (Å²) in [5.74, 6) is -0.763. The van der Waals surface area contributed by atoms with E-state index in [1.807, 2.05) is 6.92 Å². The van der Waals surface area contributed by atoms with Crippen molar-refractivity contribution in [2.75, 3.05) is 7.11 Å². The Morgan fingerprint density at radius 3 is 2.68 bits per heavy atom. The number of rotatable bonds is 6. The van der Waals surface area contributed by atoms with Gasteiger partial charge in [-0.05, 0) is 56.7 Å². The fourth-order valence-corrected chi connectivity index (χ4v) is 8.63. The Balaban J connectivity index is 1.68. The van der Waals surface area contributed by atoms with Crippen molar-refractivity contribution < 1.29 is 29.0 Å². The summed E-state index contributed by atoms with van der Waals surface area (Å²) in [7, 11) is 1.57. The van der Waals surface area contributed by atoms with Crippen molar-refractivity contribution in [1.29, 1.82) is 0 Å². The van der Waals surface area contributed by atoms with Crippen LogP contribution in [0.4, 0.5) is 0 Å². The first-order chi connectivity index (χ1) is 17.7. The number of unbranched alkanes of at least 4 members (excludes halogenated alkanes) is 2. The number of aromatic hydroxyl groups is 1. The predicted molar refractivity (Wildman–Crippen MR) is 137 cm³/mol. The number of amides is 1. The van der Waals surface area contributed by atoms with Gasteiger partial charge in [0.05, 0.1) is 11.0 Å². The van der Waals surface area contributed by atoms with E-state index in [1.54, 1.807) is 19.2 Å². The van der Waals surface area contributed by atoms with Crippen LogP contribution < -0.4 is 5.32 Å². The number of hydrogen-bond donors (Lipinski definition) is 2. The van der Waals surface area contributed by atoms with Crippen LogP contribution in [0.25, 0.3) is 5.76 Å². The monoisotopic (exact) mass is 507 g/mol. The third kappa shape index (κ3) is 2.79. The van der Waals surface area contributed by atoms with Crippen LogP contribution in [0.2, 0.25) is 0 Å². The summed E-state index contributed by atoms with van der Waals surface area (Å²) >= 11 is 0. The Bertz CT molecular complexity index is 1250. The third-order valence-electron chi connectivity index (χ3n) is 10.2. The van der Waals surface area contributed by atoms with E-state index in [4.69, 9.17) is 9.47 Å². The molecule has 3 aliphatic heterocycles. The zero-order valence-electron chi connectivity index (χ0n) is 22.2. The van der Waals surface area contributed by atoms with E-state index >= 15 is 0 Å².